The summed E-state index contributed by atoms with van der Waals surface area (Å²) in [6.07, 6.45) is 0.249. The number of benzene rings is 1. The minimum absolute atomic E-state index is 0.113. The minimum atomic E-state index is -1.05. The third-order valence-electron chi connectivity index (χ3n) is 6.05. The third-order valence-corrected chi connectivity index (χ3v) is 8.43. The molecule has 2 heterocycles. The average Bonchev–Trinajstić information content (AvgIpc) is 3.20. The lowest BCUT2D eigenvalue weighted by Crippen LogP contribution is -2.52. The van der Waals surface area contributed by atoms with E-state index in [0.29, 0.717) is 34.7 Å². The quantitative estimate of drug-likeness (QED) is 0.154. The number of nitrogens with zero attached hydrogens (tertiary/aromatic N) is 1. The predicted octanol–water partition coefficient (Wildman–Crippen LogP) is 2.38. The van der Waals surface area contributed by atoms with Gasteiger partial charge in [0, 0.05) is 47.7 Å². The van der Waals surface area contributed by atoms with Crippen molar-refractivity contribution in [3.8, 4) is 0 Å². The van der Waals surface area contributed by atoms with Crippen LogP contribution in [-0.2, 0) is 30.5 Å². The zero-order chi connectivity index (χ0) is 28.5. The molecule has 39 heavy (non-hydrogen) atoms. The SMILES string of the molecule is CC(C)C[C@H](NC(=O)CCSSCCOC(=O)Nc1cccc2c1CN(C1CCC(=O)NC1=O)C2=O)C(=O)O. The zero-order valence-electron chi connectivity index (χ0n) is 21.7. The number of amides is 5. The van der Waals surface area contributed by atoms with Crippen LogP contribution in [0.25, 0.3) is 0 Å². The molecule has 14 heteroatoms. The molecule has 1 fully saturated rings. The Morgan fingerprint density at radius 1 is 1.18 bits per heavy atom. The van der Waals surface area contributed by atoms with E-state index in [2.05, 4.69) is 16.0 Å². The number of hydrogen-bond donors (Lipinski definition) is 4. The normalized spacial score (nSPS) is 17.5. The monoisotopic (exact) mass is 580 g/mol. The molecule has 2 aliphatic heterocycles. The summed E-state index contributed by atoms with van der Waals surface area (Å²) >= 11 is 0. The summed E-state index contributed by atoms with van der Waals surface area (Å²) in [6.45, 7) is 4.02. The van der Waals surface area contributed by atoms with Crippen LogP contribution in [0.1, 0.15) is 55.5 Å². The molecular weight excluding hydrogens is 548 g/mol. The second-order valence-corrected chi connectivity index (χ2v) is 12.2. The first-order valence-electron chi connectivity index (χ1n) is 12.5. The second kappa shape index (κ2) is 14.2. The van der Waals surface area contributed by atoms with Crippen molar-refractivity contribution in [2.75, 3.05) is 23.4 Å². The molecule has 0 saturated carbocycles. The van der Waals surface area contributed by atoms with Crippen LogP contribution >= 0.6 is 21.6 Å². The van der Waals surface area contributed by atoms with Crippen molar-refractivity contribution in [3.05, 3.63) is 29.3 Å². The molecule has 0 radical (unpaired) electrons. The molecule has 2 atom stereocenters. The van der Waals surface area contributed by atoms with E-state index in [1.807, 2.05) is 13.8 Å². The molecular formula is C25H32N4O8S2. The number of nitrogens with one attached hydrogen (secondary N) is 3. The van der Waals surface area contributed by atoms with Crippen LogP contribution < -0.4 is 16.0 Å². The molecule has 1 aromatic rings. The summed E-state index contributed by atoms with van der Waals surface area (Å²) in [5.41, 5.74) is 1.36. The number of anilines is 1. The fourth-order valence-electron chi connectivity index (χ4n) is 4.23. The van der Waals surface area contributed by atoms with Gasteiger partial charge < -0.3 is 20.1 Å². The van der Waals surface area contributed by atoms with Gasteiger partial charge in [-0.05, 0) is 30.9 Å². The number of rotatable bonds is 13. The van der Waals surface area contributed by atoms with Crippen LogP contribution in [0.5, 0.6) is 0 Å². The summed E-state index contributed by atoms with van der Waals surface area (Å²) in [5, 5.41) is 16.7. The van der Waals surface area contributed by atoms with E-state index in [0.717, 1.165) is 0 Å². The fourth-order valence-corrected chi connectivity index (χ4v) is 6.05. The maximum Gasteiger partial charge on any atom is 0.411 e. The highest BCUT2D eigenvalue weighted by Crippen LogP contribution is 2.32. The molecule has 5 amide bonds. The number of aliphatic carboxylic acids is 1. The standard InChI is InChI=1S/C25H32N4O8S2/c1-14(2)12-18(24(34)35)26-21(31)8-10-38-39-11-9-37-25(36)27-17-5-3-4-15-16(17)13-29(23(15)33)19-6-7-20(30)28-22(19)32/h3-5,14,18-19H,6-13H2,1-2H3,(H,26,31)(H,27,36)(H,34,35)(H,28,30,32)/t18-,19?/m0/s1. The van der Waals surface area contributed by atoms with Gasteiger partial charge in [-0.15, -0.1) is 0 Å². The van der Waals surface area contributed by atoms with Crippen LogP contribution in [0.2, 0.25) is 0 Å². The van der Waals surface area contributed by atoms with Gasteiger partial charge in [-0.2, -0.15) is 0 Å². The highest BCUT2D eigenvalue weighted by atomic mass is 33.1. The van der Waals surface area contributed by atoms with Gasteiger partial charge in [0.15, 0.2) is 0 Å². The number of ether oxygens (including phenoxy) is 1. The van der Waals surface area contributed by atoms with Gasteiger partial charge in [-0.3, -0.25) is 29.8 Å². The van der Waals surface area contributed by atoms with E-state index in [1.54, 1.807) is 18.2 Å². The first-order chi connectivity index (χ1) is 18.6. The maximum absolute atomic E-state index is 12.9. The van der Waals surface area contributed by atoms with Gasteiger partial charge >= 0.3 is 12.1 Å². The number of carbonyl (C=O) groups excluding carboxylic acids is 5. The Hall–Kier alpha value is -3.26. The molecule has 0 aliphatic carbocycles. The van der Waals surface area contributed by atoms with Crippen LogP contribution in [-0.4, -0.2) is 75.9 Å². The maximum atomic E-state index is 12.9. The molecule has 12 nitrogen and oxygen atoms in total. The van der Waals surface area contributed by atoms with Crippen molar-refractivity contribution in [3.63, 3.8) is 0 Å². The number of fused-ring (bicyclic) bond motifs is 1. The summed E-state index contributed by atoms with van der Waals surface area (Å²) < 4.78 is 5.22. The smallest absolute Gasteiger partial charge is 0.411 e. The topological polar surface area (TPSA) is 171 Å². The van der Waals surface area contributed by atoms with E-state index < -0.39 is 30.1 Å². The fraction of sp³-hybridized carbons (Fsp3) is 0.520. The van der Waals surface area contributed by atoms with E-state index in [-0.39, 0.29) is 56.1 Å². The van der Waals surface area contributed by atoms with E-state index in [9.17, 15) is 33.9 Å². The Morgan fingerprint density at radius 3 is 2.62 bits per heavy atom. The lowest BCUT2D eigenvalue weighted by Gasteiger charge is -2.29. The third kappa shape index (κ3) is 8.62. The van der Waals surface area contributed by atoms with Crippen molar-refractivity contribution in [1.29, 1.82) is 0 Å². The molecule has 0 spiro atoms. The first-order valence-corrected chi connectivity index (χ1v) is 15.0. The van der Waals surface area contributed by atoms with Gasteiger partial charge in [-0.1, -0.05) is 41.5 Å². The number of imide groups is 1. The van der Waals surface area contributed by atoms with Crippen molar-refractivity contribution < 1.29 is 38.6 Å². The van der Waals surface area contributed by atoms with Crippen molar-refractivity contribution >= 4 is 63.0 Å². The first kappa shape index (κ1) is 30.3. The lowest BCUT2D eigenvalue weighted by atomic mass is 10.0. The lowest BCUT2D eigenvalue weighted by molar-refractivity contribution is -0.142. The number of carboxylic acids is 1. The van der Waals surface area contributed by atoms with Gasteiger partial charge in [0.25, 0.3) is 5.91 Å². The minimum Gasteiger partial charge on any atom is -0.480 e. The highest BCUT2D eigenvalue weighted by molar-refractivity contribution is 8.76. The van der Waals surface area contributed by atoms with E-state index in [1.165, 1.54) is 26.5 Å². The summed E-state index contributed by atoms with van der Waals surface area (Å²) in [5.74, 6) is -1.48. The molecule has 0 bridgehead atoms. The largest absolute Gasteiger partial charge is 0.480 e. The molecule has 4 N–H and O–H groups in total. The predicted molar refractivity (Wildman–Crippen MR) is 146 cm³/mol. The number of carbonyl (C=O) groups is 6. The number of carboxylic acid groups (broad SMARTS) is 1. The van der Waals surface area contributed by atoms with Crippen LogP contribution in [0.15, 0.2) is 18.2 Å². The number of piperidine rings is 1. The summed E-state index contributed by atoms with van der Waals surface area (Å²) in [6, 6.07) is 3.26. The van der Waals surface area contributed by atoms with Crippen LogP contribution in [0.3, 0.4) is 0 Å². The van der Waals surface area contributed by atoms with Gasteiger partial charge in [0.1, 0.15) is 18.7 Å². The average molecular weight is 581 g/mol. The Balaban J connectivity index is 1.37. The molecule has 212 valence electrons. The van der Waals surface area contributed by atoms with Gasteiger partial charge in [-0.25, -0.2) is 9.59 Å². The van der Waals surface area contributed by atoms with Crippen molar-refractivity contribution in [2.45, 2.75) is 58.2 Å². The Labute approximate surface area is 233 Å². The molecule has 3 rings (SSSR count). The summed E-state index contributed by atoms with van der Waals surface area (Å²) in [4.78, 5) is 73.6. The van der Waals surface area contributed by atoms with Crippen molar-refractivity contribution in [1.82, 2.24) is 15.5 Å². The molecule has 1 aromatic carbocycles. The molecule has 1 unspecified atom stereocenters. The Kier molecular flexibility index (Phi) is 11.0. The Bertz CT molecular complexity index is 1130. The molecule has 2 aliphatic rings. The molecule has 0 aromatic heterocycles. The second-order valence-electron chi connectivity index (χ2n) is 9.47. The van der Waals surface area contributed by atoms with Gasteiger partial charge in [0.05, 0.1) is 0 Å². The van der Waals surface area contributed by atoms with E-state index in [4.69, 9.17) is 4.74 Å². The highest BCUT2D eigenvalue weighted by Gasteiger charge is 2.40. The summed E-state index contributed by atoms with van der Waals surface area (Å²) in [7, 11) is 2.84. The molecule has 1 saturated heterocycles. The van der Waals surface area contributed by atoms with Crippen molar-refractivity contribution in [2.24, 2.45) is 5.92 Å². The Morgan fingerprint density at radius 2 is 1.92 bits per heavy atom. The number of hydrogen-bond acceptors (Lipinski definition) is 9. The van der Waals surface area contributed by atoms with E-state index >= 15 is 0 Å². The van der Waals surface area contributed by atoms with Crippen LogP contribution in [0.4, 0.5) is 10.5 Å². The van der Waals surface area contributed by atoms with Gasteiger partial charge in [0.2, 0.25) is 17.7 Å². The zero-order valence-corrected chi connectivity index (χ0v) is 23.3. The van der Waals surface area contributed by atoms with Crippen LogP contribution in [0, 0.1) is 5.92 Å².